The van der Waals surface area contributed by atoms with Gasteiger partial charge < -0.3 is 15.1 Å². The van der Waals surface area contributed by atoms with Gasteiger partial charge in [0.2, 0.25) is 5.91 Å². The smallest absolute Gasteiger partial charge is 0.254 e. The minimum absolute atomic E-state index is 0.0497. The third-order valence-corrected chi connectivity index (χ3v) is 5.35. The molecular weight excluding hydrogens is 358 g/mol. The van der Waals surface area contributed by atoms with Crippen LogP contribution in [0.2, 0.25) is 0 Å². The number of likely N-dealkylation sites (N-methyl/N-ethyl adjacent to an activating group) is 1. The Bertz CT molecular complexity index is 584. The van der Waals surface area contributed by atoms with Gasteiger partial charge in [-0.15, -0.1) is 0 Å². The van der Waals surface area contributed by atoms with Crippen LogP contribution in [0.5, 0.6) is 0 Å². The fourth-order valence-corrected chi connectivity index (χ4v) is 3.67. The van der Waals surface area contributed by atoms with Gasteiger partial charge >= 0.3 is 0 Å². The van der Waals surface area contributed by atoms with Crippen LogP contribution in [0.1, 0.15) is 29.6 Å². The van der Waals surface area contributed by atoms with Gasteiger partial charge in [-0.3, -0.25) is 9.59 Å². The largest absolute Gasteiger partial charge is 0.340 e. The number of rotatable bonds is 3. The monoisotopic (exact) mass is 379 g/mol. The van der Waals surface area contributed by atoms with E-state index in [0.29, 0.717) is 12.1 Å². The fourth-order valence-electron chi connectivity index (χ4n) is 3.41. The molecule has 2 atom stereocenters. The summed E-state index contributed by atoms with van der Waals surface area (Å²) in [6, 6.07) is 7.24. The summed E-state index contributed by atoms with van der Waals surface area (Å²) in [4.78, 5) is 29.1. The van der Waals surface area contributed by atoms with Crippen molar-refractivity contribution < 1.29 is 9.59 Å². The lowest BCUT2D eigenvalue weighted by Crippen LogP contribution is -2.50. The quantitative estimate of drug-likeness (QED) is 0.871. The Morgan fingerprint density at radius 2 is 2.00 bits per heavy atom. The highest BCUT2D eigenvalue weighted by molar-refractivity contribution is 9.10. The van der Waals surface area contributed by atoms with Crippen molar-refractivity contribution in [1.82, 2.24) is 15.1 Å². The third-order valence-electron chi connectivity index (χ3n) is 4.82. The molecule has 1 aromatic rings. The van der Waals surface area contributed by atoms with Crippen LogP contribution < -0.4 is 5.32 Å². The molecule has 2 aliphatic heterocycles. The van der Waals surface area contributed by atoms with Crippen LogP contribution in [-0.4, -0.2) is 60.4 Å². The van der Waals surface area contributed by atoms with E-state index in [2.05, 4.69) is 21.2 Å². The molecule has 2 heterocycles. The van der Waals surface area contributed by atoms with Crippen molar-refractivity contribution >= 4 is 27.7 Å². The molecule has 2 saturated heterocycles. The molecule has 2 unspecified atom stereocenters. The summed E-state index contributed by atoms with van der Waals surface area (Å²) in [5.74, 6) is 0.0213. The molecule has 2 amide bonds. The number of nitrogens with zero attached hydrogens (tertiary/aromatic N) is 2. The molecule has 0 aromatic heterocycles. The molecule has 1 N–H and O–H groups in total. The maximum Gasteiger partial charge on any atom is 0.254 e. The van der Waals surface area contributed by atoms with E-state index in [-0.39, 0.29) is 23.9 Å². The first-order chi connectivity index (χ1) is 11.1. The number of hydrogen-bond donors (Lipinski definition) is 1. The Hall–Kier alpha value is -1.40. The third kappa shape index (κ3) is 3.43. The summed E-state index contributed by atoms with van der Waals surface area (Å²) < 4.78 is 0.941. The minimum atomic E-state index is -0.322. The minimum Gasteiger partial charge on any atom is -0.340 e. The van der Waals surface area contributed by atoms with Crippen molar-refractivity contribution in [2.45, 2.75) is 31.3 Å². The van der Waals surface area contributed by atoms with Crippen LogP contribution in [0.3, 0.4) is 0 Å². The van der Waals surface area contributed by atoms with Gasteiger partial charge in [0.25, 0.3) is 5.91 Å². The second-order valence-corrected chi connectivity index (χ2v) is 7.17. The summed E-state index contributed by atoms with van der Waals surface area (Å²) in [6.45, 7) is 2.45. The first-order valence-electron chi connectivity index (χ1n) is 8.12. The first-order valence-corrected chi connectivity index (χ1v) is 8.91. The van der Waals surface area contributed by atoms with E-state index in [0.717, 1.165) is 36.8 Å². The zero-order valence-electron chi connectivity index (χ0n) is 13.3. The summed E-state index contributed by atoms with van der Waals surface area (Å²) in [6.07, 6.45) is 2.62. The maximum atomic E-state index is 12.8. The average molecular weight is 380 g/mol. The van der Waals surface area contributed by atoms with Crippen LogP contribution in [0.15, 0.2) is 28.7 Å². The van der Waals surface area contributed by atoms with E-state index in [1.165, 1.54) is 0 Å². The lowest BCUT2D eigenvalue weighted by molar-refractivity contribution is -0.135. The Kier molecular flexibility index (Phi) is 5.02. The van der Waals surface area contributed by atoms with E-state index >= 15 is 0 Å². The molecule has 6 heteroatoms. The van der Waals surface area contributed by atoms with Gasteiger partial charge in [0.05, 0.1) is 0 Å². The van der Waals surface area contributed by atoms with E-state index in [1.807, 2.05) is 24.1 Å². The van der Waals surface area contributed by atoms with Crippen LogP contribution in [0.25, 0.3) is 0 Å². The van der Waals surface area contributed by atoms with Crippen LogP contribution in [0, 0.1) is 0 Å². The lowest BCUT2D eigenvalue weighted by Gasteiger charge is -2.31. The molecule has 0 aliphatic carbocycles. The number of carbonyl (C=O) groups is 2. The van der Waals surface area contributed by atoms with Gasteiger partial charge in [0.1, 0.15) is 6.04 Å². The number of halogens is 1. The molecule has 124 valence electrons. The standard InChI is InChI=1S/C17H22BrN3O2/c1-20(14-8-9-19-11-14)17(23)15-3-2-10-21(15)16(22)12-4-6-13(18)7-5-12/h4-7,14-15,19H,2-3,8-11H2,1H3. The summed E-state index contributed by atoms with van der Waals surface area (Å²) >= 11 is 3.38. The Balaban J connectivity index is 1.72. The fraction of sp³-hybridized carbons (Fsp3) is 0.529. The van der Waals surface area contributed by atoms with Crippen molar-refractivity contribution in [3.8, 4) is 0 Å². The normalized spacial score (nSPS) is 24.0. The van der Waals surface area contributed by atoms with Crippen molar-refractivity contribution in [3.63, 3.8) is 0 Å². The molecular formula is C17H22BrN3O2. The zero-order valence-corrected chi connectivity index (χ0v) is 14.9. The Morgan fingerprint density at radius 1 is 1.26 bits per heavy atom. The van der Waals surface area contributed by atoms with Crippen LogP contribution in [0.4, 0.5) is 0 Å². The molecule has 2 fully saturated rings. The SMILES string of the molecule is CN(C(=O)C1CCCN1C(=O)c1ccc(Br)cc1)C1CCNC1. The predicted octanol–water partition coefficient (Wildman–Crippen LogP) is 1.87. The van der Waals surface area contributed by atoms with Gasteiger partial charge in [-0.1, -0.05) is 15.9 Å². The van der Waals surface area contributed by atoms with Gasteiger partial charge in [-0.25, -0.2) is 0 Å². The van der Waals surface area contributed by atoms with Gasteiger partial charge in [0, 0.05) is 36.2 Å². The molecule has 2 aliphatic rings. The van der Waals surface area contributed by atoms with E-state index in [9.17, 15) is 9.59 Å². The molecule has 0 spiro atoms. The average Bonchev–Trinajstić information content (AvgIpc) is 3.24. The molecule has 1 aromatic carbocycles. The van der Waals surface area contributed by atoms with E-state index in [4.69, 9.17) is 0 Å². The summed E-state index contributed by atoms with van der Waals surface area (Å²) in [7, 11) is 1.86. The summed E-state index contributed by atoms with van der Waals surface area (Å²) in [5.41, 5.74) is 0.637. The predicted molar refractivity (Wildman–Crippen MR) is 92.2 cm³/mol. The molecule has 0 bridgehead atoms. The topological polar surface area (TPSA) is 52.7 Å². The van der Waals surface area contributed by atoms with E-state index < -0.39 is 0 Å². The Labute approximate surface area is 145 Å². The van der Waals surface area contributed by atoms with E-state index in [1.54, 1.807) is 17.0 Å². The lowest BCUT2D eigenvalue weighted by atomic mass is 10.1. The van der Waals surface area contributed by atoms with Crippen molar-refractivity contribution in [1.29, 1.82) is 0 Å². The second-order valence-electron chi connectivity index (χ2n) is 6.26. The highest BCUT2D eigenvalue weighted by Gasteiger charge is 2.38. The van der Waals surface area contributed by atoms with Gasteiger partial charge in [0.15, 0.2) is 0 Å². The number of likely N-dealkylation sites (tertiary alicyclic amines) is 1. The number of benzene rings is 1. The number of amides is 2. The van der Waals surface area contributed by atoms with Gasteiger partial charge in [-0.2, -0.15) is 0 Å². The highest BCUT2D eigenvalue weighted by atomic mass is 79.9. The molecule has 0 saturated carbocycles. The molecule has 23 heavy (non-hydrogen) atoms. The maximum absolute atomic E-state index is 12.8. The number of nitrogens with one attached hydrogen (secondary N) is 1. The van der Waals surface area contributed by atoms with Crippen molar-refractivity contribution in [2.24, 2.45) is 0 Å². The molecule has 3 rings (SSSR count). The van der Waals surface area contributed by atoms with Crippen molar-refractivity contribution in [3.05, 3.63) is 34.3 Å². The second kappa shape index (κ2) is 7.01. The van der Waals surface area contributed by atoms with Crippen molar-refractivity contribution in [2.75, 3.05) is 26.7 Å². The van der Waals surface area contributed by atoms with Crippen LogP contribution >= 0.6 is 15.9 Å². The molecule has 0 radical (unpaired) electrons. The number of carbonyl (C=O) groups excluding carboxylic acids is 2. The first kappa shape index (κ1) is 16.5. The van der Waals surface area contributed by atoms with Gasteiger partial charge in [-0.05, 0) is 50.1 Å². The summed E-state index contributed by atoms with van der Waals surface area (Å²) in [5, 5.41) is 3.28. The Morgan fingerprint density at radius 3 is 2.65 bits per heavy atom. The zero-order chi connectivity index (χ0) is 16.4. The number of hydrogen-bond acceptors (Lipinski definition) is 3. The highest BCUT2D eigenvalue weighted by Crippen LogP contribution is 2.23. The van der Waals surface area contributed by atoms with Crippen LogP contribution in [-0.2, 0) is 4.79 Å². The molecule has 5 nitrogen and oxygen atoms in total.